The van der Waals surface area contributed by atoms with Gasteiger partial charge < -0.3 is 14.2 Å². The van der Waals surface area contributed by atoms with Gasteiger partial charge in [-0.1, -0.05) is 0 Å². The fourth-order valence-corrected chi connectivity index (χ4v) is 2.93. The number of aromatic amines is 1. The molecule has 1 aliphatic heterocycles. The van der Waals surface area contributed by atoms with E-state index in [1.807, 2.05) is 30.3 Å². The van der Waals surface area contributed by atoms with Gasteiger partial charge in [-0.2, -0.15) is 5.10 Å². The molecule has 0 bridgehead atoms. The Hall–Kier alpha value is -3.68. The van der Waals surface area contributed by atoms with Gasteiger partial charge in [0.05, 0.1) is 30.3 Å². The van der Waals surface area contributed by atoms with Crippen LogP contribution in [0.25, 0.3) is 33.7 Å². The lowest BCUT2D eigenvalue weighted by Gasteiger charge is -2.06. The molecule has 1 N–H and O–H groups in total. The number of H-pyrrole nitrogens is 1. The molecule has 0 fully saturated rings. The predicted octanol–water partition coefficient (Wildman–Crippen LogP) is 2.82. The largest absolute Gasteiger partial charge is 0.481 e. The first-order valence-electron chi connectivity index (χ1n) is 7.94. The van der Waals surface area contributed by atoms with E-state index in [1.165, 1.54) is 0 Å². The van der Waals surface area contributed by atoms with Crippen LogP contribution in [-0.2, 0) is 0 Å². The topological polar surface area (TPSA) is 95.0 Å². The molecule has 128 valence electrons. The van der Waals surface area contributed by atoms with Crippen LogP contribution in [-0.4, -0.2) is 39.1 Å². The molecule has 1 aromatic carbocycles. The molecule has 8 nitrogen and oxygen atoms in total. The first-order valence-corrected chi connectivity index (χ1v) is 7.94. The quantitative estimate of drug-likeness (QED) is 0.609. The van der Waals surface area contributed by atoms with Crippen molar-refractivity contribution in [1.29, 1.82) is 0 Å². The van der Waals surface area contributed by atoms with Gasteiger partial charge in [-0.15, -0.1) is 0 Å². The summed E-state index contributed by atoms with van der Waals surface area (Å²) >= 11 is 0. The van der Waals surface area contributed by atoms with Gasteiger partial charge in [0.25, 0.3) is 0 Å². The molecule has 0 saturated carbocycles. The minimum atomic E-state index is 0.229. The third kappa shape index (κ3) is 2.23. The summed E-state index contributed by atoms with van der Waals surface area (Å²) in [4.78, 5) is 13.4. The number of pyridine rings is 1. The molecule has 4 aromatic rings. The average Bonchev–Trinajstić information content (AvgIpc) is 3.33. The van der Waals surface area contributed by atoms with Gasteiger partial charge in [0.1, 0.15) is 5.52 Å². The second-order valence-electron chi connectivity index (χ2n) is 5.65. The van der Waals surface area contributed by atoms with E-state index in [2.05, 4.69) is 20.2 Å². The number of methoxy groups -OCH3 is 1. The van der Waals surface area contributed by atoms with Crippen LogP contribution in [0.3, 0.4) is 0 Å². The van der Waals surface area contributed by atoms with Crippen LogP contribution >= 0.6 is 0 Å². The summed E-state index contributed by atoms with van der Waals surface area (Å²) in [5.74, 6) is 1.92. The normalized spacial score (nSPS) is 12.5. The molecule has 0 saturated heterocycles. The molecule has 0 atom stereocenters. The lowest BCUT2D eigenvalue weighted by molar-refractivity contribution is 0.174. The number of nitrogens with one attached hydrogen (secondary N) is 1. The van der Waals surface area contributed by atoms with Crippen LogP contribution in [0.2, 0.25) is 0 Å². The molecule has 1 aliphatic rings. The number of hydrogen-bond acceptors (Lipinski definition) is 7. The van der Waals surface area contributed by atoms with Crippen LogP contribution in [0.1, 0.15) is 0 Å². The van der Waals surface area contributed by atoms with Gasteiger partial charge in [0, 0.05) is 11.8 Å². The standard InChI is InChI=1S/C18H13N5O3/c1-24-18-11(3-2-6-19-18)12-8-20-17-16(21-12)15(22-23-17)10-4-5-13-14(7-10)26-9-25-13/h2-8H,9H2,1H3,(H,20,22,23). The van der Waals surface area contributed by atoms with Crippen molar-refractivity contribution >= 4 is 11.2 Å². The van der Waals surface area contributed by atoms with Crippen LogP contribution in [0.5, 0.6) is 17.4 Å². The molecule has 3 aromatic heterocycles. The molecule has 5 rings (SSSR count). The van der Waals surface area contributed by atoms with Crippen molar-refractivity contribution in [3.63, 3.8) is 0 Å². The Bertz CT molecular complexity index is 1120. The highest BCUT2D eigenvalue weighted by atomic mass is 16.7. The Morgan fingerprint density at radius 1 is 1.12 bits per heavy atom. The third-order valence-corrected chi connectivity index (χ3v) is 4.17. The Labute approximate surface area is 147 Å². The maximum Gasteiger partial charge on any atom is 0.231 e. The van der Waals surface area contributed by atoms with Crippen LogP contribution in [0, 0.1) is 0 Å². The summed E-state index contributed by atoms with van der Waals surface area (Å²) in [6.07, 6.45) is 3.33. The first-order chi connectivity index (χ1) is 12.8. The molecular formula is C18H13N5O3. The maximum atomic E-state index is 5.46. The van der Waals surface area contributed by atoms with Crippen molar-refractivity contribution in [3.05, 3.63) is 42.7 Å². The Morgan fingerprint density at radius 2 is 2.04 bits per heavy atom. The minimum Gasteiger partial charge on any atom is -0.481 e. The molecule has 0 spiro atoms. The van der Waals surface area contributed by atoms with Crippen molar-refractivity contribution in [2.75, 3.05) is 13.9 Å². The van der Waals surface area contributed by atoms with Gasteiger partial charge in [-0.3, -0.25) is 5.10 Å². The number of hydrogen-bond donors (Lipinski definition) is 1. The second kappa shape index (κ2) is 5.69. The van der Waals surface area contributed by atoms with Crippen molar-refractivity contribution in [2.45, 2.75) is 0 Å². The molecule has 0 radical (unpaired) electrons. The molecule has 0 aliphatic carbocycles. The second-order valence-corrected chi connectivity index (χ2v) is 5.65. The Kier molecular flexibility index (Phi) is 3.21. The number of aromatic nitrogens is 5. The van der Waals surface area contributed by atoms with E-state index in [0.717, 1.165) is 22.6 Å². The fourth-order valence-electron chi connectivity index (χ4n) is 2.93. The third-order valence-electron chi connectivity index (χ3n) is 4.17. The summed E-state index contributed by atoms with van der Waals surface area (Å²) in [5, 5.41) is 7.26. The number of benzene rings is 1. The van der Waals surface area contributed by atoms with Crippen molar-refractivity contribution in [1.82, 2.24) is 25.1 Å². The Morgan fingerprint density at radius 3 is 2.96 bits per heavy atom. The summed E-state index contributed by atoms with van der Waals surface area (Å²) in [5.41, 5.74) is 4.27. The summed E-state index contributed by atoms with van der Waals surface area (Å²) in [6, 6.07) is 9.42. The molecule has 0 amide bonds. The zero-order chi connectivity index (χ0) is 17.5. The summed E-state index contributed by atoms with van der Waals surface area (Å²) in [6.45, 7) is 0.229. The molecule has 4 heterocycles. The molecular weight excluding hydrogens is 334 g/mol. The van der Waals surface area contributed by atoms with E-state index in [4.69, 9.17) is 19.2 Å². The summed E-state index contributed by atoms with van der Waals surface area (Å²) in [7, 11) is 1.58. The van der Waals surface area contributed by atoms with Crippen molar-refractivity contribution < 1.29 is 14.2 Å². The van der Waals surface area contributed by atoms with Gasteiger partial charge in [-0.05, 0) is 30.3 Å². The maximum absolute atomic E-state index is 5.46. The number of nitrogens with zero attached hydrogens (tertiary/aromatic N) is 4. The number of rotatable bonds is 3. The Balaban J connectivity index is 1.66. The highest BCUT2D eigenvalue weighted by Crippen LogP contribution is 2.37. The number of ether oxygens (including phenoxy) is 3. The lowest BCUT2D eigenvalue weighted by atomic mass is 10.1. The molecule has 26 heavy (non-hydrogen) atoms. The van der Waals surface area contributed by atoms with Gasteiger partial charge in [0.15, 0.2) is 17.1 Å². The van der Waals surface area contributed by atoms with Crippen LogP contribution in [0.15, 0.2) is 42.7 Å². The van der Waals surface area contributed by atoms with E-state index in [9.17, 15) is 0 Å². The van der Waals surface area contributed by atoms with E-state index in [-0.39, 0.29) is 6.79 Å². The zero-order valence-electron chi connectivity index (χ0n) is 13.8. The first kappa shape index (κ1) is 14.6. The molecule has 8 heteroatoms. The predicted molar refractivity (Wildman–Crippen MR) is 93.0 cm³/mol. The monoisotopic (exact) mass is 347 g/mol. The van der Waals surface area contributed by atoms with E-state index in [0.29, 0.717) is 28.5 Å². The zero-order valence-corrected chi connectivity index (χ0v) is 13.8. The smallest absolute Gasteiger partial charge is 0.231 e. The van der Waals surface area contributed by atoms with Gasteiger partial charge in [0.2, 0.25) is 12.7 Å². The molecule has 0 unspecified atom stereocenters. The fraction of sp³-hybridized carbons (Fsp3) is 0.111. The lowest BCUT2D eigenvalue weighted by Crippen LogP contribution is -1.94. The highest BCUT2D eigenvalue weighted by molar-refractivity contribution is 5.89. The van der Waals surface area contributed by atoms with Crippen LogP contribution < -0.4 is 14.2 Å². The van der Waals surface area contributed by atoms with Crippen molar-refractivity contribution in [3.8, 4) is 39.9 Å². The van der Waals surface area contributed by atoms with Crippen molar-refractivity contribution in [2.24, 2.45) is 0 Å². The number of fused-ring (bicyclic) bond motifs is 2. The minimum absolute atomic E-state index is 0.229. The highest BCUT2D eigenvalue weighted by Gasteiger charge is 2.18. The van der Waals surface area contributed by atoms with Gasteiger partial charge >= 0.3 is 0 Å². The van der Waals surface area contributed by atoms with Gasteiger partial charge in [-0.25, -0.2) is 15.0 Å². The van der Waals surface area contributed by atoms with E-state index < -0.39 is 0 Å². The van der Waals surface area contributed by atoms with E-state index >= 15 is 0 Å². The van der Waals surface area contributed by atoms with Crippen LogP contribution in [0.4, 0.5) is 0 Å². The van der Waals surface area contributed by atoms with E-state index in [1.54, 1.807) is 19.5 Å². The SMILES string of the molecule is COc1ncccc1-c1cnc2n[nH]c(-c3ccc4c(c3)OCO4)c2n1. The summed E-state index contributed by atoms with van der Waals surface area (Å²) < 4.78 is 16.1. The average molecular weight is 347 g/mol.